The van der Waals surface area contributed by atoms with E-state index in [1.165, 1.54) is 16.7 Å². The molecule has 1 aliphatic heterocycles. The van der Waals surface area contributed by atoms with Crippen LogP contribution in [0.5, 0.6) is 0 Å². The van der Waals surface area contributed by atoms with Crippen molar-refractivity contribution in [3.05, 3.63) is 64.2 Å². The van der Waals surface area contributed by atoms with Crippen LogP contribution < -0.4 is 4.90 Å². The van der Waals surface area contributed by atoms with Gasteiger partial charge in [0.2, 0.25) is 5.91 Å². The SMILES string of the molecule is Cc1ccc(CN(C)CC(=O)N2CCN(c3ccccc3Cl)CC2)c(C)c1. The highest BCUT2D eigenvalue weighted by Gasteiger charge is 2.23. The lowest BCUT2D eigenvalue weighted by Crippen LogP contribution is -2.51. The third-order valence-corrected chi connectivity index (χ3v) is 5.49. The number of aryl methyl sites for hydroxylation is 2. The van der Waals surface area contributed by atoms with E-state index in [1.54, 1.807) is 0 Å². The summed E-state index contributed by atoms with van der Waals surface area (Å²) in [4.78, 5) is 19.0. The molecule has 2 aromatic rings. The Morgan fingerprint density at radius 3 is 2.44 bits per heavy atom. The number of piperazine rings is 1. The molecule has 3 rings (SSSR count). The van der Waals surface area contributed by atoms with Gasteiger partial charge in [0, 0.05) is 32.7 Å². The molecule has 0 spiro atoms. The number of hydrogen-bond acceptors (Lipinski definition) is 3. The van der Waals surface area contributed by atoms with Crippen molar-refractivity contribution in [1.82, 2.24) is 9.80 Å². The van der Waals surface area contributed by atoms with E-state index in [0.29, 0.717) is 6.54 Å². The monoisotopic (exact) mass is 385 g/mol. The zero-order chi connectivity index (χ0) is 19.4. The number of amides is 1. The molecule has 2 aromatic carbocycles. The smallest absolute Gasteiger partial charge is 0.236 e. The van der Waals surface area contributed by atoms with Gasteiger partial charge in [0.1, 0.15) is 0 Å². The molecule has 144 valence electrons. The maximum Gasteiger partial charge on any atom is 0.236 e. The second kappa shape index (κ2) is 8.77. The lowest BCUT2D eigenvalue weighted by atomic mass is 10.1. The summed E-state index contributed by atoms with van der Waals surface area (Å²) in [6.07, 6.45) is 0. The van der Waals surface area contributed by atoms with Crippen LogP contribution in [-0.2, 0) is 11.3 Å². The Morgan fingerprint density at radius 2 is 1.78 bits per heavy atom. The zero-order valence-corrected chi connectivity index (χ0v) is 17.2. The Kier molecular flexibility index (Phi) is 6.40. The Hall–Kier alpha value is -2.04. The molecule has 1 fully saturated rings. The normalized spacial score (nSPS) is 14.7. The highest BCUT2D eigenvalue weighted by molar-refractivity contribution is 6.33. The van der Waals surface area contributed by atoms with Crippen LogP contribution in [0.15, 0.2) is 42.5 Å². The van der Waals surface area contributed by atoms with Crippen molar-refractivity contribution < 1.29 is 4.79 Å². The van der Waals surface area contributed by atoms with E-state index in [2.05, 4.69) is 41.8 Å². The van der Waals surface area contributed by atoms with Gasteiger partial charge in [-0.2, -0.15) is 0 Å². The molecule has 0 aliphatic carbocycles. The summed E-state index contributed by atoms with van der Waals surface area (Å²) in [6.45, 7) is 8.57. The fraction of sp³-hybridized carbons (Fsp3) is 0.409. The molecule has 5 heteroatoms. The molecule has 0 radical (unpaired) electrons. The number of carbonyl (C=O) groups is 1. The van der Waals surface area contributed by atoms with E-state index in [9.17, 15) is 4.79 Å². The van der Waals surface area contributed by atoms with Crippen molar-refractivity contribution >= 4 is 23.2 Å². The van der Waals surface area contributed by atoms with Gasteiger partial charge in [-0.05, 0) is 44.2 Å². The van der Waals surface area contributed by atoms with E-state index in [0.717, 1.165) is 43.4 Å². The van der Waals surface area contributed by atoms with Gasteiger partial charge in [-0.1, -0.05) is 47.5 Å². The zero-order valence-electron chi connectivity index (χ0n) is 16.4. The second-order valence-electron chi connectivity index (χ2n) is 7.42. The van der Waals surface area contributed by atoms with E-state index in [-0.39, 0.29) is 5.91 Å². The van der Waals surface area contributed by atoms with Crippen LogP contribution >= 0.6 is 11.6 Å². The van der Waals surface area contributed by atoms with Crippen molar-refractivity contribution in [1.29, 1.82) is 0 Å². The molecule has 1 saturated heterocycles. The molecule has 1 aliphatic rings. The molecule has 0 unspecified atom stereocenters. The summed E-state index contributed by atoms with van der Waals surface area (Å²) in [5, 5.41) is 0.769. The van der Waals surface area contributed by atoms with Crippen LogP contribution in [0.25, 0.3) is 0 Å². The first-order valence-electron chi connectivity index (χ1n) is 9.46. The van der Waals surface area contributed by atoms with Crippen molar-refractivity contribution in [2.75, 3.05) is 44.7 Å². The van der Waals surface area contributed by atoms with E-state index in [1.807, 2.05) is 36.2 Å². The maximum atomic E-state index is 12.7. The molecular weight excluding hydrogens is 358 g/mol. The predicted molar refractivity (Wildman–Crippen MR) is 112 cm³/mol. The van der Waals surface area contributed by atoms with Crippen LogP contribution in [0.3, 0.4) is 0 Å². The van der Waals surface area contributed by atoms with Crippen molar-refractivity contribution in [2.45, 2.75) is 20.4 Å². The molecule has 1 amide bonds. The summed E-state index contributed by atoms with van der Waals surface area (Å²) < 4.78 is 0. The van der Waals surface area contributed by atoms with Crippen LogP contribution in [0.4, 0.5) is 5.69 Å². The van der Waals surface area contributed by atoms with Crippen molar-refractivity contribution in [2.24, 2.45) is 0 Å². The van der Waals surface area contributed by atoms with Gasteiger partial charge >= 0.3 is 0 Å². The number of benzene rings is 2. The quantitative estimate of drug-likeness (QED) is 0.784. The van der Waals surface area contributed by atoms with Crippen LogP contribution in [0.1, 0.15) is 16.7 Å². The molecule has 0 aromatic heterocycles. The van der Waals surface area contributed by atoms with E-state index >= 15 is 0 Å². The first kappa shape index (κ1) is 19.7. The standard InChI is InChI=1S/C22H28ClN3O/c1-17-8-9-19(18(2)14-17)15-24(3)16-22(27)26-12-10-25(11-13-26)21-7-5-4-6-20(21)23/h4-9,14H,10-13,15-16H2,1-3H3. The third-order valence-electron chi connectivity index (χ3n) is 5.17. The van der Waals surface area contributed by atoms with Gasteiger partial charge in [0.05, 0.1) is 17.3 Å². The van der Waals surface area contributed by atoms with Gasteiger partial charge in [-0.3, -0.25) is 9.69 Å². The molecule has 4 nitrogen and oxygen atoms in total. The van der Waals surface area contributed by atoms with Crippen molar-refractivity contribution in [3.8, 4) is 0 Å². The molecule has 0 atom stereocenters. The fourth-order valence-corrected chi connectivity index (χ4v) is 3.86. The van der Waals surface area contributed by atoms with Gasteiger partial charge in [-0.25, -0.2) is 0 Å². The van der Waals surface area contributed by atoms with E-state index in [4.69, 9.17) is 11.6 Å². The summed E-state index contributed by atoms with van der Waals surface area (Å²) in [5.74, 6) is 0.195. The number of hydrogen-bond donors (Lipinski definition) is 0. The van der Waals surface area contributed by atoms with Crippen LogP contribution in [-0.4, -0.2) is 55.5 Å². The molecular formula is C22H28ClN3O. The minimum Gasteiger partial charge on any atom is -0.367 e. The molecule has 0 saturated carbocycles. The van der Waals surface area contributed by atoms with Gasteiger partial charge in [0.15, 0.2) is 0 Å². The predicted octanol–water partition coefficient (Wildman–Crippen LogP) is 3.74. The molecule has 27 heavy (non-hydrogen) atoms. The lowest BCUT2D eigenvalue weighted by Gasteiger charge is -2.37. The first-order chi connectivity index (χ1) is 12.9. The third kappa shape index (κ3) is 5.02. The fourth-order valence-electron chi connectivity index (χ4n) is 3.61. The largest absolute Gasteiger partial charge is 0.367 e. The highest BCUT2D eigenvalue weighted by Crippen LogP contribution is 2.26. The average Bonchev–Trinajstić information content (AvgIpc) is 2.64. The number of anilines is 1. The average molecular weight is 386 g/mol. The minimum atomic E-state index is 0.195. The number of para-hydroxylation sites is 1. The van der Waals surface area contributed by atoms with Crippen LogP contribution in [0, 0.1) is 13.8 Å². The number of carbonyl (C=O) groups excluding carboxylic acids is 1. The summed E-state index contributed by atoms with van der Waals surface area (Å²) >= 11 is 6.30. The summed E-state index contributed by atoms with van der Waals surface area (Å²) in [5.41, 5.74) is 4.88. The Morgan fingerprint density at radius 1 is 1.07 bits per heavy atom. The Labute approximate surface area is 167 Å². The summed E-state index contributed by atoms with van der Waals surface area (Å²) in [7, 11) is 2.01. The lowest BCUT2D eigenvalue weighted by molar-refractivity contribution is -0.132. The van der Waals surface area contributed by atoms with Crippen LogP contribution in [0.2, 0.25) is 5.02 Å². The second-order valence-corrected chi connectivity index (χ2v) is 7.83. The number of nitrogens with zero attached hydrogens (tertiary/aromatic N) is 3. The first-order valence-corrected chi connectivity index (χ1v) is 9.84. The van der Waals surface area contributed by atoms with Crippen molar-refractivity contribution in [3.63, 3.8) is 0 Å². The maximum absolute atomic E-state index is 12.7. The number of likely N-dealkylation sites (N-methyl/N-ethyl adjacent to an activating group) is 1. The minimum absolute atomic E-state index is 0.195. The van der Waals surface area contributed by atoms with Gasteiger partial charge in [-0.15, -0.1) is 0 Å². The highest BCUT2D eigenvalue weighted by atomic mass is 35.5. The molecule has 0 bridgehead atoms. The molecule has 0 N–H and O–H groups in total. The Bertz CT molecular complexity index is 800. The topological polar surface area (TPSA) is 26.8 Å². The van der Waals surface area contributed by atoms with E-state index < -0.39 is 0 Å². The molecule has 1 heterocycles. The number of halogens is 1. The number of rotatable bonds is 5. The van der Waals surface area contributed by atoms with Gasteiger partial charge < -0.3 is 9.80 Å². The summed E-state index contributed by atoms with van der Waals surface area (Å²) in [6, 6.07) is 14.4. The Balaban J connectivity index is 1.51. The van der Waals surface area contributed by atoms with Gasteiger partial charge in [0.25, 0.3) is 0 Å².